The van der Waals surface area contributed by atoms with Crippen LogP contribution in [-0.4, -0.2) is 14.4 Å². The molecule has 0 fully saturated rings. The molecule has 0 bridgehead atoms. The highest BCUT2D eigenvalue weighted by Gasteiger charge is 2.21. The van der Waals surface area contributed by atoms with Gasteiger partial charge in [-0.25, -0.2) is 4.98 Å². The zero-order valence-electron chi connectivity index (χ0n) is 17.5. The molecule has 0 radical (unpaired) electrons. The van der Waals surface area contributed by atoms with Crippen molar-refractivity contribution in [1.29, 1.82) is 5.26 Å². The fourth-order valence-electron chi connectivity index (χ4n) is 4.11. The van der Waals surface area contributed by atoms with Crippen LogP contribution >= 0.6 is 11.6 Å². The normalized spacial score (nSPS) is 11.0. The molecule has 6 heteroatoms. The van der Waals surface area contributed by atoms with Gasteiger partial charge < -0.3 is 5.32 Å². The smallest absolute Gasteiger partial charge is 0.157 e. The van der Waals surface area contributed by atoms with Crippen LogP contribution in [0.15, 0.2) is 73.1 Å². The first-order valence-electron chi connectivity index (χ1n) is 10.4. The fraction of sp³-hybridized carbons (Fsp3) is 0.115. The highest BCUT2D eigenvalue weighted by molar-refractivity contribution is 6.31. The summed E-state index contributed by atoms with van der Waals surface area (Å²) in [4.78, 5) is 9.02. The van der Waals surface area contributed by atoms with Crippen molar-refractivity contribution in [2.75, 3.05) is 5.32 Å². The molecule has 0 saturated carbocycles. The van der Waals surface area contributed by atoms with Gasteiger partial charge >= 0.3 is 0 Å². The number of nitriles is 1. The van der Waals surface area contributed by atoms with Crippen molar-refractivity contribution in [3.8, 4) is 6.07 Å². The number of nitrogens with zero attached hydrogens (tertiary/aromatic N) is 4. The summed E-state index contributed by atoms with van der Waals surface area (Å²) in [7, 11) is 0. The first-order valence-corrected chi connectivity index (χ1v) is 10.7. The molecule has 3 aromatic heterocycles. The minimum atomic E-state index is 0.579. The Hall–Kier alpha value is -3.88. The summed E-state index contributed by atoms with van der Waals surface area (Å²) in [6.45, 7) is 2.58. The van der Waals surface area contributed by atoms with Crippen molar-refractivity contribution in [1.82, 2.24) is 14.4 Å². The van der Waals surface area contributed by atoms with Crippen LogP contribution in [0, 0.1) is 18.3 Å². The number of fused-ring (bicyclic) bond motifs is 3. The van der Waals surface area contributed by atoms with Gasteiger partial charge in [0.15, 0.2) is 5.65 Å². The molecule has 0 aliphatic rings. The lowest BCUT2D eigenvalue weighted by molar-refractivity contribution is 1.02. The number of hydrogen-bond donors (Lipinski definition) is 1. The van der Waals surface area contributed by atoms with Gasteiger partial charge in [0, 0.05) is 35.9 Å². The Morgan fingerprint density at radius 3 is 2.66 bits per heavy atom. The first-order chi connectivity index (χ1) is 15.7. The molecule has 5 nitrogen and oxygen atoms in total. The average molecular weight is 438 g/mol. The molecule has 0 unspecified atom stereocenters. The maximum absolute atomic E-state index is 10.0. The van der Waals surface area contributed by atoms with E-state index in [-0.39, 0.29) is 0 Å². The van der Waals surface area contributed by atoms with Crippen LogP contribution in [0.2, 0.25) is 5.02 Å². The van der Waals surface area contributed by atoms with Crippen LogP contribution in [0.5, 0.6) is 0 Å². The standard InChI is InChI=1S/C26H20ClN5/c1-17-20(13-19-8-2-3-9-22(19)27)25(30-16-18-7-6-12-29-15-18)32-24-11-5-4-10-23(24)31-26(32)21(17)14-28/h2-12,15,30H,13,16H2,1H3. The van der Waals surface area contributed by atoms with E-state index in [0.29, 0.717) is 29.2 Å². The number of para-hydroxylation sites is 2. The lowest BCUT2D eigenvalue weighted by Gasteiger charge is -2.19. The maximum atomic E-state index is 10.0. The Bertz CT molecular complexity index is 1480. The second kappa shape index (κ2) is 8.33. The van der Waals surface area contributed by atoms with E-state index in [4.69, 9.17) is 16.6 Å². The monoisotopic (exact) mass is 437 g/mol. The number of hydrogen-bond acceptors (Lipinski definition) is 4. The van der Waals surface area contributed by atoms with E-state index < -0.39 is 0 Å². The molecule has 156 valence electrons. The van der Waals surface area contributed by atoms with E-state index in [0.717, 1.165) is 39.1 Å². The largest absolute Gasteiger partial charge is 0.367 e. The molecule has 3 heterocycles. The van der Waals surface area contributed by atoms with Crippen LogP contribution < -0.4 is 5.32 Å². The van der Waals surface area contributed by atoms with E-state index in [9.17, 15) is 5.26 Å². The number of imidazole rings is 1. The Balaban J connectivity index is 1.77. The molecule has 1 N–H and O–H groups in total. The number of halogens is 1. The van der Waals surface area contributed by atoms with Crippen molar-refractivity contribution in [3.63, 3.8) is 0 Å². The fourth-order valence-corrected chi connectivity index (χ4v) is 4.31. The van der Waals surface area contributed by atoms with Gasteiger partial charge in [-0.2, -0.15) is 5.26 Å². The molecule has 0 aliphatic heterocycles. The molecule has 2 aromatic carbocycles. The minimum Gasteiger partial charge on any atom is -0.367 e. The summed E-state index contributed by atoms with van der Waals surface area (Å²) in [5.74, 6) is 0.911. The van der Waals surface area contributed by atoms with Crippen LogP contribution in [-0.2, 0) is 13.0 Å². The Labute approximate surface area is 190 Å². The van der Waals surface area contributed by atoms with Gasteiger partial charge in [0.25, 0.3) is 0 Å². The SMILES string of the molecule is Cc1c(Cc2ccccc2Cl)c(NCc2cccnc2)n2c(nc3ccccc32)c1C#N. The van der Waals surface area contributed by atoms with Crippen LogP contribution in [0.25, 0.3) is 16.7 Å². The second-order valence-electron chi connectivity index (χ2n) is 7.68. The molecular formula is C26H20ClN5. The maximum Gasteiger partial charge on any atom is 0.157 e. The molecule has 0 amide bonds. The van der Waals surface area contributed by atoms with Crippen LogP contribution in [0.3, 0.4) is 0 Å². The lowest BCUT2D eigenvalue weighted by atomic mass is 9.97. The van der Waals surface area contributed by atoms with E-state index >= 15 is 0 Å². The Morgan fingerprint density at radius 2 is 1.88 bits per heavy atom. The third kappa shape index (κ3) is 3.45. The topological polar surface area (TPSA) is 66.0 Å². The molecule has 0 atom stereocenters. The third-order valence-corrected chi connectivity index (χ3v) is 6.11. The lowest BCUT2D eigenvalue weighted by Crippen LogP contribution is -2.12. The highest BCUT2D eigenvalue weighted by Crippen LogP contribution is 2.33. The summed E-state index contributed by atoms with van der Waals surface area (Å²) >= 11 is 6.50. The van der Waals surface area contributed by atoms with Crippen LogP contribution in [0.1, 0.15) is 27.8 Å². The number of nitrogens with one attached hydrogen (secondary N) is 1. The highest BCUT2D eigenvalue weighted by atomic mass is 35.5. The molecule has 5 aromatic rings. The molecule has 32 heavy (non-hydrogen) atoms. The molecule has 0 aliphatic carbocycles. The van der Waals surface area contributed by atoms with Crippen molar-refractivity contribution in [2.24, 2.45) is 0 Å². The van der Waals surface area contributed by atoms with E-state index in [1.807, 2.05) is 73.8 Å². The van der Waals surface area contributed by atoms with Crippen LogP contribution in [0.4, 0.5) is 5.82 Å². The van der Waals surface area contributed by atoms with Crippen molar-refractivity contribution in [3.05, 3.63) is 106 Å². The van der Waals surface area contributed by atoms with E-state index in [1.165, 1.54) is 0 Å². The zero-order valence-corrected chi connectivity index (χ0v) is 18.3. The Morgan fingerprint density at radius 1 is 1.06 bits per heavy atom. The van der Waals surface area contributed by atoms with Gasteiger partial charge in [-0.15, -0.1) is 0 Å². The molecular weight excluding hydrogens is 418 g/mol. The summed E-state index contributed by atoms with van der Waals surface area (Å²) in [6, 6.07) is 22.1. The predicted octanol–water partition coefficient (Wildman–Crippen LogP) is 5.92. The number of rotatable bonds is 5. The minimum absolute atomic E-state index is 0.579. The van der Waals surface area contributed by atoms with Gasteiger partial charge in [-0.05, 0) is 47.9 Å². The number of pyridine rings is 2. The summed E-state index contributed by atoms with van der Waals surface area (Å²) in [6.07, 6.45) is 4.21. The van der Waals surface area contributed by atoms with Gasteiger partial charge in [0.2, 0.25) is 0 Å². The van der Waals surface area contributed by atoms with Gasteiger partial charge in [-0.1, -0.05) is 48.0 Å². The second-order valence-corrected chi connectivity index (χ2v) is 8.09. The number of anilines is 1. The van der Waals surface area contributed by atoms with E-state index in [1.54, 1.807) is 6.20 Å². The average Bonchev–Trinajstić information content (AvgIpc) is 3.20. The number of benzene rings is 2. The van der Waals surface area contributed by atoms with E-state index in [2.05, 4.69) is 20.8 Å². The summed E-state index contributed by atoms with van der Waals surface area (Å²) in [5.41, 5.74) is 7.04. The molecule has 5 rings (SSSR count). The van der Waals surface area contributed by atoms with Gasteiger partial charge in [0.05, 0.1) is 16.6 Å². The summed E-state index contributed by atoms with van der Waals surface area (Å²) in [5, 5.41) is 14.3. The zero-order chi connectivity index (χ0) is 22.1. The summed E-state index contributed by atoms with van der Waals surface area (Å²) < 4.78 is 2.06. The third-order valence-electron chi connectivity index (χ3n) is 5.74. The molecule has 0 saturated heterocycles. The van der Waals surface area contributed by atoms with Crippen molar-refractivity contribution >= 4 is 34.1 Å². The quantitative estimate of drug-likeness (QED) is 0.370. The van der Waals surface area contributed by atoms with Crippen molar-refractivity contribution < 1.29 is 0 Å². The predicted molar refractivity (Wildman–Crippen MR) is 128 cm³/mol. The molecule has 0 spiro atoms. The number of aromatic nitrogens is 3. The Kier molecular flexibility index (Phi) is 5.22. The van der Waals surface area contributed by atoms with Crippen molar-refractivity contribution in [2.45, 2.75) is 19.9 Å². The van der Waals surface area contributed by atoms with Gasteiger partial charge in [0.1, 0.15) is 11.9 Å². The first kappa shape index (κ1) is 20.0. The van der Waals surface area contributed by atoms with Gasteiger partial charge in [-0.3, -0.25) is 9.38 Å².